The van der Waals surface area contributed by atoms with E-state index in [1.165, 1.54) is 6.42 Å². The fourth-order valence-electron chi connectivity index (χ4n) is 6.79. The van der Waals surface area contributed by atoms with Crippen LogP contribution in [0.15, 0.2) is 54.6 Å². The second kappa shape index (κ2) is 10.6. The third-order valence-electron chi connectivity index (χ3n) is 8.83. The minimum Gasteiger partial charge on any atom is -0.497 e. The van der Waals surface area contributed by atoms with E-state index in [0.29, 0.717) is 16.5 Å². The van der Waals surface area contributed by atoms with Gasteiger partial charge in [0.25, 0.3) is 0 Å². The van der Waals surface area contributed by atoms with Crippen LogP contribution in [0.3, 0.4) is 0 Å². The van der Waals surface area contributed by atoms with Gasteiger partial charge in [-0.3, -0.25) is 14.4 Å². The van der Waals surface area contributed by atoms with Gasteiger partial charge in [0.15, 0.2) is 0 Å². The maximum Gasteiger partial charge on any atom is 0.246 e. The fraction of sp³-hybridized carbons (Fsp3) is 0.452. The summed E-state index contributed by atoms with van der Waals surface area (Å²) in [6, 6.07) is 11.9. The number of nitrogens with one attached hydrogen (secondary N) is 2. The van der Waals surface area contributed by atoms with E-state index in [0.717, 1.165) is 36.8 Å². The molecular formula is C31H34ClN3O5. The maximum absolute atomic E-state index is 14.2. The van der Waals surface area contributed by atoms with Crippen molar-refractivity contribution in [2.75, 3.05) is 12.4 Å². The van der Waals surface area contributed by atoms with Gasteiger partial charge >= 0.3 is 0 Å². The highest BCUT2D eigenvalue weighted by atomic mass is 35.5. The van der Waals surface area contributed by atoms with Crippen molar-refractivity contribution in [1.29, 1.82) is 0 Å². The predicted octanol–water partition coefficient (Wildman–Crippen LogP) is 4.40. The summed E-state index contributed by atoms with van der Waals surface area (Å²) < 4.78 is 11.7. The summed E-state index contributed by atoms with van der Waals surface area (Å²) in [6.45, 7) is 2.10. The highest BCUT2D eigenvalue weighted by Gasteiger charge is 2.72. The number of methoxy groups -OCH3 is 1. The van der Waals surface area contributed by atoms with Crippen molar-refractivity contribution in [2.45, 2.75) is 69.4 Å². The van der Waals surface area contributed by atoms with Crippen molar-refractivity contribution < 1.29 is 23.9 Å². The van der Waals surface area contributed by atoms with Crippen LogP contribution in [0.2, 0.25) is 5.02 Å². The SMILES string of the molecule is COc1ccc(CN2C(=O)[C@H]3[C@H](C(=O)Nc4ccc(C)c(Cl)c4)[C@H]4C=C[C@@]3(O4)[C@@H]2C(=O)NC2CCCCC2)cc1. The van der Waals surface area contributed by atoms with E-state index >= 15 is 0 Å². The summed E-state index contributed by atoms with van der Waals surface area (Å²) in [5, 5.41) is 6.69. The van der Waals surface area contributed by atoms with E-state index in [-0.39, 0.29) is 30.3 Å². The molecule has 4 aliphatic rings. The van der Waals surface area contributed by atoms with E-state index in [4.69, 9.17) is 21.1 Å². The fourth-order valence-corrected chi connectivity index (χ4v) is 6.97. The van der Waals surface area contributed by atoms with E-state index in [1.807, 2.05) is 49.4 Å². The number of anilines is 1. The number of halogens is 1. The Morgan fingerprint density at radius 3 is 2.55 bits per heavy atom. The standard InChI is InChI=1S/C31H34ClN3O5/c1-18-8-11-21(16-23(18)32)34-28(36)25-24-14-15-31(40-24)26(25)30(38)35(17-19-9-12-22(39-2)13-10-19)27(31)29(37)33-20-6-4-3-5-7-20/h8-16,20,24-27H,3-7,17H2,1-2H3,(H,33,37)(H,34,36)/t24-,25-,26-,27+,31+/m1/s1. The Hall–Kier alpha value is -3.36. The highest BCUT2D eigenvalue weighted by Crippen LogP contribution is 2.55. The number of rotatable bonds is 7. The zero-order chi connectivity index (χ0) is 28.0. The zero-order valence-electron chi connectivity index (χ0n) is 22.7. The first-order valence-corrected chi connectivity index (χ1v) is 14.4. The molecule has 3 aliphatic heterocycles. The van der Waals surface area contributed by atoms with E-state index in [9.17, 15) is 14.4 Å². The quantitative estimate of drug-likeness (QED) is 0.487. The molecule has 9 heteroatoms. The monoisotopic (exact) mass is 563 g/mol. The van der Waals surface area contributed by atoms with Crippen LogP contribution in [-0.4, -0.2) is 53.5 Å². The van der Waals surface area contributed by atoms with Gasteiger partial charge in [-0.1, -0.05) is 61.2 Å². The number of ether oxygens (including phenoxy) is 2. The molecule has 0 aromatic heterocycles. The first-order chi connectivity index (χ1) is 19.3. The summed E-state index contributed by atoms with van der Waals surface area (Å²) in [6.07, 6.45) is 8.22. The van der Waals surface area contributed by atoms with Crippen LogP contribution in [0.1, 0.15) is 43.2 Å². The lowest BCUT2D eigenvalue weighted by Gasteiger charge is -2.34. The van der Waals surface area contributed by atoms with Gasteiger partial charge < -0.3 is 25.0 Å². The summed E-state index contributed by atoms with van der Waals surface area (Å²) in [7, 11) is 1.60. The number of likely N-dealkylation sites (tertiary alicyclic amines) is 1. The molecule has 5 atom stereocenters. The highest BCUT2D eigenvalue weighted by molar-refractivity contribution is 6.31. The molecule has 1 saturated carbocycles. The van der Waals surface area contributed by atoms with Gasteiger partial charge in [-0.2, -0.15) is 0 Å². The van der Waals surface area contributed by atoms with Gasteiger partial charge in [0, 0.05) is 23.3 Å². The molecule has 2 saturated heterocycles. The Labute approximate surface area is 239 Å². The van der Waals surface area contributed by atoms with Gasteiger partial charge in [0.05, 0.1) is 25.0 Å². The molecule has 8 nitrogen and oxygen atoms in total. The lowest BCUT2D eigenvalue weighted by molar-refractivity contribution is -0.142. The van der Waals surface area contributed by atoms with Crippen LogP contribution in [-0.2, 0) is 25.7 Å². The van der Waals surface area contributed by atoms with Crippen LogP contribution in [0.4, 0.5) is 5.69 Å². The second-order valence-electron chi connectivity index (χ2n) is 11.3. The zero-order valence-corrected chi connectivity index (χ0v) is 23.4. The minimum absolute atomic E-state index is 0.0719. The Kier molecular flexibility index (Phi) is 7.09. The third kappa shape index (κ3) is 4.57. The largest absolute Gasteiger partial charge is 0.497 e. The molecule has 1 aliphatic carbocycles. The van der Waals surface area contributed by atoms with Gasteiger partial charge in [-0.25, -0.2) is 0 Å². The average molecular weight is 564 g/mol. The van der Waals surface area contributed by atoms with Gasteiger partial charge in [-0.15, -0.1) is 0 Å². The molecule has 0 radical (unpaired) electrons. The molecule has 2 bridgehead atoms. The first kappa shape index (κ1) is 26.8. The van der Waals surface area contributed by atoms with Crippen molar-refractivity contribution >= 4 is 35.0 Å². The number of hydrogen-bond acceptors (Lipinski definition) is 5. The number of nitrogens with zero attached hydrogens (tertiary/aromatic N) is 1. The molecule has 0 unspecified atom stereocenters. The van der Waals surface area contributed by atoms with E-state index in [2.05, 4.69) is 10.6 Å². The first-order valence-electron chi connectivity index (χ1n) is 14.0. The van der Waals surface area contributed by atoms with Gasteiger partial charge in [-0.05, 0) is 55.2 Å². The predicted molar refractivity (Wildman–Crippen MR) is 151 cm³/mol. The molecule has 2 aromatic rings. The van der Waals surface area contributed by atoms with Crippen LogP contribution in [0.25, 0.3) is 0 Å². The number of amides is 3. The van der Waals surface area contributed by atoms with Crippen molar-refractivity contribution in [3.05, 3.63) is 70.8 Å². The van der Waals surface area contributed by atoms with Crippen molar-refractivity contribution in [3.8, 4) is 5.75 Å². The number of benzene rings is 2. The molecule has 1 spiro atoms. The number of aryl methyl sites for hydroxylation is 1. The number of carbonyl (C=O) groups is 3. The van der Waals surface area contributed by atoms with Crippen LogP contribution in [0.5, 0.6) is 5.75 Å². The summed E-state index contributed by atoms with van der Waals surface area (Å²) >= 11 is 6.28. The van der Waals surface area contributed by atoms with Crippen LogP contribution >= 0.6 is 11.6 Å². The lowest BCUT2D eigenvalue weighted by atomic mass is 9.74. The molecule has 3 fully saturated rings. The number of carbonyl (C=O) groups excluding carboxylic acids is 3. The molecule has 40 heavy (non-hydrogen) atoms. The van der Waals surface area contributed by atoms with E-state index < -0.39 is 29.6 Å². The molecule has 3 heterocycles. The average Bonchev–Trinajstić information content (AvgIpc) is 3.59. The van der Waals surface area contributed by atoms with Crippen molar-refractivity contribution in [1.82, 2.24) is 10.2 Å². The van der Waals surface area contributed by atoms with Crippen LogP contribution in [0, 0.1) is 18.8 Å². The van der Waals surface area contributed by atoms with E-state index in [1.54, 1.807) is 24.1 Å². The van der Waals surface area contributed by atoms with Crippen LogP contribution < -0.4 is 15.4 Å². The number of fused-ring (bicyclic) bond motifs is 1. The Morgan fingerprint density at radius 2 is 1.85 bits per heavy atom. The van der Waals surface area contributed by atoms with Gasteiger partial charge in [0.2, 0.25) is 17.7 Å². The molecule has 3 amide bonds. The van der Waals surface area contributed by atoms with Crippen molar-refractivity contribution in [3.63, 3.8) is 0 Å². The number of hydrogen-bond donors (Lipinski definition) is 2. The van der Waals surface area contributed by atoms with Crippen molar-refractivity contribution in [2.24, 2.45) is 11.8 Å². The molecule has 2 N–H and O–H groups in total. The molecular weight excluding hydrogens is 530 g/mol. The third-order valence-corrected chi connectivity index (χ3v) is 9.24. The normalized spacial score (nSPS) is 29.0. The van der Waals surface area contributed by atoms with Gasteiger partial charge in [0.1, 0.15) is 17.4 Å². The summed E-state index contributed by atoms with van der Waals surface area (Å²) in [5.41, 5.74) is 1.10. The Bertz CT molecular complexity index is 1360. The molecule has 210 valence electrons. The smallest absolute Gasteiger partial charge is 0.246 e. The minimum atomic E-state index is -1.21. The lowest BCUT2D eigenvalue weighted by Crippen LogP contribution is -2.56. The Balaban J connectivity index is 1.31. The molecule has 2 aromatic carbocycles. The topological polar surface area (TPSA) is 97.0 Å². The summed E-state index contributed by atoms with van der Waals surface area (Å²) in [4.78, 5) is 43.4. The summed E-state index contributed by atoms with van der Waals surface area (Å²) in [5.74, 6) is -1.70. The second-order valence-corrected chi connectivity index (χ2v) is 11.7. The Morgan fingerprint density at radius 1 is 1.10 bits per heavy atom. The molecule has 6 rings (SSSR count). The maximum atomic E-state index is 14.2.